The molecule has 0 spiro atoms. The first-order chi connectivity index (χ1) is 19.9. The highest BCUT2D eigenvalue weighted by atomic mass is 19.1. The van der Waals surface area contributed by atoms with Crippen LogP contribution in [-0.2, 0) is 14.4 Å². The molecule has 4 aromatic rings. The number of nitrogens with zero attached hydrogens (tertiary/aromatic N) is 2. The second-order valence-electron chi connectivity index (χ2n) is 9.45. The molecule has 2 aliphatic heterocycles. The molecule has 2 amide bonds. The Morgan fingerprint density at radius 2 is 1.44 bits per heavy atom. The number of para-hydroxylation sites is 1. The molecule has 0 saturated carbocycles. The van der Waals surface area contributed by atoms with Crippen LogP contribution in [0.5, 0.6) is 11.5 Å². The van der Waals surface area contributed by atoms with Gasteiger partial charge in [-0.2, -0.15) is 0 Å². The lowest BCUT2D eigenvalue weighted by molar-refractivity contribution is -0.126. The second-order valence-corrected chi connectivity index (χ2v) is 9.45. The van der Waals surface area contributed by atoms with Crippen LogP contribution in [0.15, 0.2) is 97.1 Å². The summed E-state index contributed by atoms with van der Waals surface area (Å²) in [5, 5.41) is 1.52. The zero-order valence-corrected chi connectivity index (χ0v) is 21.6. The molecule has 3 atom stereocenters. The third kappa shape index (κ3) is 4.68. The molecule has 10 heteroatoms. The Labute approximate surface area is 233 Å². The van der Waals surface area contributed by atoms with E-state index in [-0.39, 0.29) is 22.7 Å². The minimum absolute atomic E-state index is 0.106. The summed E-state index contributed by atoms with van der Waals surface area (Å²) in [6.45, 7) is 0. The van der Waals surface area contributed by atoms with E-state index < -0.39 is 47.5 Å². The van der Waals surface area contributed by atoms with Crippen LogP contribution in [0.1, 0.15) is 22.0 Å². The number of rotatable bonds is 6. The fraction of sp³-hybridized carbons (Fsp3) is 0.129. The lowest BCUT2D eigenvalue weighted by atomic mass is 9.90. The summed E-state index contributed by atoms with van der Waals surface area (Å²) in [5.41, 5.74) is 1.56. The molecule has 0 aliphatic carbocycles. The van der Waals surface area contributed by atoms with Crippen molar-refractivity contribution in [2.24, 2.45) is 5.92 Å². The number of hydroxylamine groups is 1. The lowest BCUT2D eigenvalue weighted by Gasteiger charge is -2.29. The van der Waals surface area contributed by atoms with E-state index in [2.05, 4.69) is 0 Å². The first-order valence-corrected chi connectivity index (χ1v) is 12.7. The van der Waals surface area contributed by atoms with Crippen molar-refractivity contribution in [3.63, 3.8) is 0 Å². The van der Waals surface area contributed by atoms with E-state index in [1.807, 2.05) is 6.07 Å². The molecule has 2 fully saturated rings. The highest BCUT2D eigenvalue weighted by Crippen LogP contribution is 2.48. The van der Waals surface area contributed by atoms with Crippen molar-refractivity contribution in [2.75, 3.05) is 17.1 Å². The number of fused-ring (bicyclic) bond motifs is 1. The van der Waals surface area contributed by atoms with Gasteiger partial charge in [-0.3, -0.25) is 14.4 Å². The van der Waals surface area contributed by atoms with E-state index in [0.717, 1.165) is 17.0 Å². The van der Waals surface area contributed by atoms with E-state index in [9.17, 15) is 23.2 Å². The maximum atomic E-state index is 13.8. The molecule has 0 aromatic heterocycles. The van der Waals surface area contributed by atoms with Gasteiger partial charge in [0.05, 0.1) is 30.1 Å². The zero-order chi connectivity index (χ0) is 28.7. The van der Waals surface area contributed by atoms with Crippen LogP contribution in [0.25, 0.3) is 0 Å². The molecule has 0 radical (unpaired) electrons. The summed E-state index contributed by atoms with van der Waals surface area (Å²) in [5.74, 6) is -3.39. The third-order valence-corrected chi connectivity index (χ3v) is 7.02. The molecule has 0 bridgehead atoms. The number of amides is 2. The number of benzene rings is 4. The highest BCUT2D eigenvalue weighted by molar-refractivity contribution is 6.23. The van der Waals surface area contributed by atoms with Gasteiger partial charge in [-0.05, 0) is 78.4 Å². The predicted molar refractivity (Wildman–Crippen MR) is 143 cm³/mol. The summed E-state index contributed by atoms with van der Waals surface area (Å²) in [6.07, 6.45) is -1.13. The average molecular weight is 557 g/mol. The number of methoxy groups -OCH3 is 1. The summed E-state index contributed by atoms with van der Waals surface area (Å²) >= 11 is 0. The topological polar surface area (TPSA) is 85.4 Å². The van der Waals surface area contributed by atoms with Gasteiger partial charge in [-0.25, -0.2) is 23.5 Å². The van der Waals surface area contributed by atoms with Gasteiger partial charge in [0.15, 0.2) is 17.6 Å². The Kier molecular flexibility index (Phi) is 6.68. The van der Waals surface area contributed by atoms with Crippen LogP contribution in [0.2, 0.25) is 0 Å². The van der Waals surface area contributed by atoms with Crippen molar-refractivity contribution in [3.8, 4) is 11.5 Å². The smallest absolute Gasteiger partial charge is 0.343 e. The van der Waals surface area contributed by atoms with Crippen LogP contribution in [0.4, 0.5) is 20.2 Å². The number of imide groups is 1. The predicted octanol–water partition coefficient (Wildman–Crippen LogP) is 5.24. The van der Waals surface area contributed by atoms with Gasteiger partial charge < -0.3 is 9.47 Å². The van der Waals surface area contributed by atoms with Crippen LogP contribution in [0.3, 0.4) is 0 Å². The van der Waals surface area contributed by atoms with Gasteiger partial charge >= 0.3 is 5.97 Å². The maximum absolute atomic E-state index is 13.8. The molecule has 2 heterocycles. The van der Waals surface area contributed by atoms with Crippen molar-refractivity contribution < 1.29 is 37.5 Å². The number of hydrogen-bond donors (Lipinski definition) is 0. The van der Waals surface area contributed by atoms with Crippen molar-refractivity contribution in [1.82, 2.24) is 0 Å². The number of halogens is 2. The number of ether oxygens (including phenoxy) is 2. The van der Waals surface area contributed by atoms with Gasteiger partial charge in [-0.15, -0.1) is 0 Å². The molecular formula is C31H22F2N2O6. The minimum Gasteiger partial charge on any atom is -0.493 e. The summed E-state index contributed by atoms with van der Waals surface area (Å²) < 4.78 is 37.8. The van der Waals surface area contributed by atoms with Gasteiger partial charge in [0, 0.05) is 0 Å². The van der Waals surface area contributed by atoms with Crippen LogP contribution < -0.4 is 19.4 Å². The first kappa shape index (κ1) is 26.1. The highest BCUT2D eigenvalue weighted by Gasteiger charge is 2.60. The third-order valence-electron chi connectivity index (χ3n) is 7.02. The van der Waals surface area contributed by atoms with Gasteiger partial charge in [0.1, 0.15) is 17.6 Å². The number of carbonyl (C=O) groups is 3. The first-order valence-electron chi connectivity index (χ1n) is 12.7. The molecule has 4 aromatic carbocycles. The Balaban J connectivity index is 1.36. The van der Waals surface area contributed by atoms with Crippen molar-refractivity contribution in [2.45, 2.75) is 12.1 Å². The largest absolute Gasteiger partial charge is 0.493 e. The number of carbonyl (C=O) groups excluding carboxylic acids is 3. The second kappa shape index (κ2) is 10.5. The summed E-state index contributed by atoms with van der Waals surface area (Å²) in [6, 6.07) is 23.0. The van der Waals surface area contributed by atoms with Crippen LogP contribution in [-0.4, -0.2) is 31.0 Å². The summed E-state index contributed by atoms with van der Waals surface area (Å²) in [7, 11) is 1.40. The Morgan fingerprint density at radius 3 is 2.10 bits per heavy atom. The average Bonchev–Trinajstić information content (AvgIpc) is 3.50. The molecule has 2 saturated heterocycles. The normalized spacial score (nSPS) is 19.8. The van der Waals surface area contributed by atoms with E-state index in [0.29, 0.717) is 11.3 Å². The molecule has 41 heavy (non-hydrogen) atoms. The van der Waals surface area contributed by atoms with E-state index >= 15 is 0 Å². The van der Waals surface area contributed by atoms with Gasteiger partial charge in [-0.1, -0.05) is 24.3 Å². The fourth-order valence-electron chi connectivity index (χ4n) is 5.09. The zero-order valence-electron chi connectivity index (χ0n) is 21.6. The van der Waals surface area contributed by atoms with Crippen LogP contribution in [0, 0.1) is 17.6 Å². The maximum Gasteiger partial charge on any atom is 0.343 e. The fourth-order valence-corrected chi connectivity index (χ4v) is 5.09. The monoisotopic (exact) mass is 556 g/mol. The Bertz CT molecular complexity index is 1630. The standard InChI is InChI=1S/C31H22F2N2O6/c1-39-25-17-19(9-16-24(25)40-31(38)18-7-10-20(32)11-8-18)27-26-28(41-35(27)23-5-3-2-4-6-23)30(37)34(29(26)36)22-14-12-21(33)13-15-22/h2-17,26-28H,1H3/t26-,27+,28+/m1/s1. The van der Waals surface area contributed by atoms with Crippen molar-refractivity contribution in [1.29, 1.82) is 0 Å². The van der Waals surface area contributed by atoms with Gasteiger partial charge in [0.2, 0.25) is 5.91 Å². The molecular weight excluding hydrogens is 534 g/mol. The van der Waals surface area contributed by atoms with Crippen molar-refractivity contribution >= 4 is 29.2 Å². The van der Waals surface area contributed by atoms with Gasteiger partial charge in [0.25, 0.3) is 5.91 Å². The molecule has 206 valence electrons. The quantitative estimate of drug-likeness (QED) is 0.182. The molecule has 8 nitrogen and oxygen atoms in total. The Hall–Kier alpha value is -5.09. The lowest BCUT2D eigenvalue weighted by Crippen LogP contribution is -2.37. The summed E-state index contributed by atoms with van der Waals surface area (Å²) in [4.78, 5) is 47.0. The molecule has 2 aliphatic rings. The van der Waals surface area contributed by atoms with E-state index in [1.54, 1.807) is 36.4 Å². The minimum atomic E-state index is -1.13. The van der Waals surface area contributed by atoms with Crippen molar-refractivity contribution in [3.05, 3.63) is 120 Å². The molecule has 6 rings (SSSR count). The van der Waals surface area contributed by atoms with Crippen LogP contribution >= 0.6 is 0 Å². The van der Waals surface area contributed by atoms with E-state index in [1.165, 1.54) is 54.6 Å². The molecule has 0 N–H and O–H groups in total. The molecule has 0 unspecified atom stereocenters. The number of anilines is 2. The number of hydrogen-bond acceptors (Lipinski definition) is 7. The number of esters is 1. The van der Waals surface area contributed by atoms with E-state index in [4.69, 9.17) is 14.3 Å². The SMILES string of the molecule is COc1cc([C@H]2[C@H]3C(=O)N(c4ccc(F)cc4)C(=O)[C@H]3ON2c2ccccc2)ccc1OC(=O)c1ccc(F)cc1. The Morgan fingerprint density at radius 1 is 0.780 bits per heavy atom.